The van der Waals surface area contributed by atoms with Crippen molar-refractivity contribution in [1.29, 1.82) is 0 Å². The minimum atomic E-state index is 0.223. The second kappa shape index (κ2) is 6.10. The van der Waals surface area contributed by atoms with Crippen molar-refractivity contribution in [3.63, 3.8) is 0 Å². The minimum absolute atomic E-state index is 0.223. The fraction of sp³-hybridized carbons (Fsp3) is 0.667. The average molecular weight is 326 g/mol. The van der Waals surface area contributed by atoms with Crippen LogP contribution in [0.5, 0.6) is 0 Å². The highest BCUT2D eigenvalue weighted by molar-refractivity contribution is 6.35. The lowest BCUT2D eigenvalue weighted by atomic mass is 9.49. The van der Waals surface area contributed by atoms with Gasteiger partial charge in [0.25, 0.3) is 0 Å². The van der Waals surface area contributed by atoms with E-state index in [-0.39, 0.29) is 5.41 Å². The van der Waals surface area contributed by atoms with Gasteiger partial charge in [0.15, 0.2) is 0 Å². The third kappa shape index (κ3) is 2.98. The second-order valence-electron chi connectivity index (χ2n) is 7.14. The summed E-state index contributed by atoms with van der Waals surface area (Å²) in [5.41, 5.74) is 2.13. The van der Waals surface area contributed by atoms with Gasteiger partial charge in [-0.25, -0.2) is 0 Å². The predicted molar refractivity (Wildman–Crippen MR) is 91.4 cm³/mol. The maximum absolute atomic E-state index is 6.52. The van der Waals surface area contributed by atoms with Crippen molar-refractivity contribution in [2.75, 3.05) is 13.1 Å². The van der Waals surface area contributed by atoms with Gasteiger partial charge in [-0.1, -0.05) is 49.0 Å². The van der Waals surface area contributed by atoms with E-state index in [9.17, 15) is 0 Å². The Morgan fingerprint density at radius 2 is 1.86 bits per heavy atom. The van der Waals surface area contributed by atoms with Crippen LogP contribution < -0.4 is 5.32 Å². The maximum Gasteiger partial charge on any atom is 0.0458 e. The molecule has 1 aromatic rings. The van der Waals surface area contributed by atoms with E-state index < -0.39 is 0 Å². The van der Waals surface area contributed by atoms with Gasteiger partial charge in [0.1, 0.15) is 0 Å². The van der Waals surface area contributed by atoms with Crippen LogP contribution >= 0.6 is 23.2 Å². The molecule has 1 spiro atoms. The zero-order chi connectivity index (χ0) is 14.9. The van der Waals surface area contributed by atoms with E-state index in [4.69, 9.17) is 23.2 Å². The molecule has 1 aromatic carbocycles. The monoisotopic (exact) mass is 325 g/mol. The Balaban J connectivity index is 1.83. The van der Waals surface area contributed by atoms with Crippen LogP contribution in [0.25, 0.3) is 0 Å². The first kappa shape index (κ1) is 15.6. The third-order valence-corrected chi connectivity index (χ3v) is 6.03. The lowest BCUT2D eigenvalue weighted by Gasteiger charge is -2.56. The number of benzene rings is 1. The Morgan fingerprint density at radius 1 is 1.14 bits per heavy atom. The molecule has 3 rings (SSSR count). The molecule has 0 aromatic heterocycles. The molecular weight excluding hydrogens is 301 g/mol. The summed E-state index contributed by atoms with van der Waals surface area (Å²) in [4.78, 5) is 0. The molecule has 0 atom stereocenters. The van der Waals surface area contributed by atoms with E-state index in [1.54, 1.807) is 0 Å². The summed E-state index contributed by atoms with van der Waals surface area (Å²) in [6, 6.07) is 6.05. The molecule has 2 fully saturated rings. The standard InChI is InChI=1S/C18H25Cl2N/c1-2-9-21-13-18(11-17(12-18)7-3-4-8-17)15-6-5-14(19)10-16(15)20/h5-6,10,21H,2-4,7-9,11-13H2,1H3. The summed E-state index contributed by atoms with van der Waals surface area (Å²) in [5.74, 6) is 0. The van der Waals surface area contributed by atoms with Crippen molar-refractivity contribution < 1.29 is 0 Å². The number of hydrogen-bond donors (Lipinski definition) is 1. The fourth-order valence-electron chi connectivity index (χ4n) is 4.70. The largest absolute Gasteiger partial charge is 0.316 e. The van der Waals surface area contributed by atoms with Crippen molar-refractivity contribution in [1.82, 2.24) is 5.32 Å². The molecule has 21 heavy (non-hydrogen) atoms. The maximum atomic E-state index is 6.52. The molecule has 0 aliphatic heterocycles. The topological polar surface area (TPSA) is 12.0 Å². The van der Waals surface area contributed by atoms with E-state index in [1.165, 1.54) is 50.5 Å². The van der Waals surface area contributed by atoms with Crippen LogP contribution in [0, 0.1) is 5.41 Å². The van der Waals surface area contributed by atoms with Crippen LogP contribution in [0.1, 0.15) is 57.4 Å². The van der Waals surface area contributed by atoms with Crippen molar-refractivity contribution in [2.45, 2.75) is 57.3 Å². The summed E-state index contributed by atoms with van der Waals surface area (Å²) in [6.45, 7) is 4.35. The van der Waals surface area contributed by atoms with E-state index in [1.807, 2.05) is 12.1 Å². The zero-order valence-electron chi connectivity index (χ0n) is 12.9. The fourth-order valence-corrected chi connectivity index (χ4v) is 5.31. The summed E-state index contributed by atoms with van der Waals surface area (Å²) >= 11 is 12.6. The summed E-state index contributed by atoms with van der Waals surface area (Å²) in [7, 11) is 0. The Bertz CT molecular complexity index is 498. The molecule has 116 valence electrons. The number of rotatable bonds is 5. The summed E-state index contributed by atoms with van der Waals surface area (Å²) in [6.07, 6.45) is 9.40. The number of halogens is 2. The van der Waals surface area contributed by atoms with Crippen molar-refractivity contribution >= 4 is 23.2 Å². The number of nitrogens with one attached hydrogen (secondary N) is 1. The number of hydrogen-bond acceptors (Lipinski definition) is 1. The first-order valence-corrected chi connectivity index (χ1v) is 9.01. The smallest absolute Gasteiger partial charge is 0.0458 e. The van der Waals surface area contributed by atoms with Crippen molar-refractivity contribution in [3.05, 3.63) is 33.8 Å². The molecule has 0 bridgehead atoms. The lowest BCUT2D eigenvalue weighted by Crippen LogP contribution is -2.54. The van der Waals surface area contributed by atoms with Gasteiger partial charge in [-0.2, -0.15) is 0 Å². The zero-order valence-corrected chi connectivity index (χ0v) is 14.4. The molecule has 2 aliphatic carbocycles. The highest BCUT2D eigenvalue weighted by Gasteiger charge is 2.55. The minimum Gasteiger partial charge on any atom is -0.316 e. The van der Waals surface area contributed by atoms with Gasteiger partial charge in [0, 0.05) is 22.0 Å². The van der Waals surface area contributed by atoms with Gasteiger partial charge >= 0.3 is 0 Å². The Hall–Kier alpha value is -0.240. The Labute approximate surface area is 138 Å². The van der Waals surface area contributed by atoms with Crippen LogP contribution in [0.4, 0.5) is 0 Å². The quantitative estimate of drug-likeness (QED) is 0.696. The van der Waals surface area contributed by atoms with Crippen LogP contribution in [0.3, 0.4) is 0 Å². The van der Waals surface area contributed by atoms with Crippen LogP contribution in [-0.4, -0.2) is 13.1 Å². The van der Waals surface area contributed by atoms with Gasteiger partial charge in [-0.05, 0) is 61.8 Å². The molecule has 1 N–H and O–H groups in total. The third-order valence-electron chi connectivity index (χ3n) is 5.48. The average Bonchev–Trinajstić information content (AvgIpc) is 2.87. The van der Waals surface area contributed by atoms with Gasteiger partial charge in [-0.3, -0.25) is 0 Å². The van der Waals surface area contributed by atoms with E-state index in [0.29, 0.717) is 5.41 Å². The van der Waals surface area contributed by atoms with Crippen LogP contribution in [0.2, 0.25) is 10.0 Å². The summed E-state index contributed by atoms with van der Waals surface area (Å²) in [5, 5.41) is 5.21. The van der Waals surface area contributed by atoms with Crippen LogP contribution in [-0.2, 0) is 5.41 Å². The normalized spacial score (nSPS) is 22.4. The lowest BCUT2D eigenvalue weighted by molar-refractivity contribution is 0.0272. The molecule has 2 aliphatic rings. The van der Waals surface area contributed by atoms with Gasteiger partial charge in [-0.15, -0.1) is 0 Å². The molecule has 3 heteroatoms. The van der Waals surface area contributed by atoms with Gasteiger partial charge in [0.05, 0.1) is 0 Å². The van der Waals surface area contributed by atoms with Crippen molar-refractivity contribution in [3.8, 4) is 0 Å². The molecule has 0 heterocycles. The highest BCUT2D eigenvalue weighted by atomic mass is 35.5. The molecule has 1 nitrogen and oxygen atoms in total. The van der Waals surface area contributed by atoms with Crippen molar-refractivity contribution in [2.24, 2.45) is 5.41 Å². The molecule has 0 radical (unpaired) electrons. The molecule has 0 saturated heterocycles. The SMILES string of the molecule is CCCNCC1(c2ccc(Cl)cc2Cl)CC2(CCCC2)C1. The Morgan fingerprint density at radius 3 is 2.48 bits per heavy atom. The molecule has 0 amide bonds. The van der Waals surface area contributed by atoms with Gasteiger partial charge in [0.2, 0.25) is 0 Å². The summed E-state index contributed by atoms with van der Waals surface area (Å²) < 4.78 is 0. The predicted octanol–water partition coefficient (Wildman–Crippen LogP) is 5.59. The first-order valence-electron chi connectivity index (χ1n) is 8.26. The Kier molecular flexibility index (Phi) is 4.55. The first-order chi connectivity index (χ1) is 10.1. The molecule has 0 unspecified atom stereocenters. The second-order valence-corrected chi connectivity index (χ2v) is 7.99. The molecule has 2 saturated carbocycles. The molecular formula is C18H25Cl2N. The highest BCUT2D eigenvalue weighted by Crippen LogP contribution is 2.63. The van der Waals surface area contributed by atoms with E-state index >= 15 is 0 Å². The van der Waals surface area contributed by atoms with Gasteiger partial charge < -0.3 is 5.32 Å². The van der Waals surface area contributed by atoms with E-state index in [2.05, 4.69) is 18.3 Å². The van der Waals surface area contributed by atoms with Crippen LogP contribution in [0.15, 0.2) is 18.2 Å². The van der Waals surface area contributed by atoms with E-state index in [0.717, 1.165) is 23.1 Å².